The van der Waals surface area contributed by atoms with Gasteiger partial charge in [-0.05, 0) is 26.1 Å². The summed E-state index contributed by atoms with van der Waals surface area (Å²) < 4.78 is 10.2. The third-order valence-electron chi connectivity index (χ3n) is 2.57. The molecule has 18 heavy (non-hydrogen) atoms. The van der Waals surface area contributed by atoms with E-state index in [1.165, 1.54) is 6.26 Å². The molecular weight excluding hydrogens is 234 g/mol. The standard InChI is InChI=1S/C12H15N3O3/c1-8(13-2)7-14-12(16)9-6-11(18-15-9)10-4-3-5-17-10/h3-6,8,13H,7H2,1-2H3,(H,14,16). The number of aromatic nitrogens is 1. The average molecular weight is 249 g/mol. The average Bonchev–Trinajstić information content (AvgIpc) is 3.04. The summed E-state index contributed by atoms with van der Waals surface area (Å²) in [4.78, 5) is 11.8. The van der Waals surface area contributed by atoms with Crippen molar-refractivity contribution in [2.75, 3.05) is 13.6 Å². The van der Waals surface area contributed by atoms with Crippen molar-refractivity contribution in [1.29, 1.82) is 0 Å². The molecule has 0 spiro atoms. The van der Waals surface area contributed by atoms with E-state index in [2.05, 4.69) is 15.8 Å². The van der Waals surface area contributed by atoms with E-state index in [1.807, 2.05) is 14.0 Å². The molecule has 0 aliphatic carbocycles. The van der Waals surface area contributed by atoms with Crippen molar-refractivity contribution in [3.05, 3.63) is 30.2 Å². The van der Waals surface area contributed by atoms with E-state index < -0.39 is 0 Å². The number of nitrogens with one attached hydrogen (secondary N) is 2. The van der Waals surface area contributed by atoms with Gasteiger partial charge in [0, 0.05) is 18.7 Å². The first-order valence-electron chi connectivity index (χ1n) is 5.66. The second-order valence-electron chi connectivity index (χ2n) is 3.95. The zero-order valence-electron chi connectivity index (χ0n) is 10.3. The van der Waals surface area contributed by atoms with E-state index in [0.717, 1.165) is 0 Å². The van der Waals surface area contributed by atoms with Gasteiger partial charge in [0.2, 0.25) is 5.76 Å². The van der Waals surface area contributed by atoms with Gasteiger partial charge < -0.3 is 19.6 Å². The van der Waals surface area contributed by atoms with Gasteiger partial charge in [0.15, 0.2) is 11.5 Å². The Kier molecular flexibility index (Phi) is 3.78. The molecule has 1 unspecified atom stereocenters. The Balaban J connectivity index is 1.99. The van der Waals surface area contributed by atoms with Gasteiger partial charge in [-0.3, -0.25) is 4.79 Å². The van der Waals surface area contributed by atoms with Gasteiger partial charge in [-0.2, -0.15) is 0 Å². The monoisotopic (exact) mass is 249 g/mol. The smallest absolute Gasteiger partial charge is 0.273 e. The predicted octanol–water partition coefficient (Wildman–Crippen LogP) is 1.27. The third-order valence-corrected chi connectivity index (χ3v) is 2.57. The van der Waals surface area contributed by atoms with E-state index in [1.54, 1.807) is 18.2 Å². The third kappa shape index (κ3) is 2.78. The molecule has 1 atom stereocenters. The Morgan fingerprint density at radius 2 is 2.33 bits per heavy atom. The minimum Gasteiger partial charge on any atom is -0.461 e. The van der Waals surface area contributed by atoms with Gasteiger partial charge in [-0.1, -0.05) is 5.16 Å². The first-order chi connectivity index (χ1) is 8.70. The molecule has 0 saturated carbocycles. The first kappa shape index (κ1) is 12.4. The summed E-state index contributed by atoms with van der Waals surface area (Å²) in [6, 6.07) is 5.24. The van der Waals surface area contributed by atoms with E-state index >= 15 is 0 Å². The lowest BCUT2D eigenvalue weighted by Crippen LogP contribution is -2.37. The quantitative estimate of drug-likeness (QED) is 0.834. The summed E-state index contributed by atoms with van der Waals surface area (Å²) in [6.07, 6.45) is 1.53. The zero-order valence-corrected chi connectivity index (χ0v) is 10.3. The largest absolute Gasteiger partial charge is 0.461 e. The van der Waals surface area contributed by atoms with Crippen molar-refractivity contribution in [3.8, 4) is 11.5 Å². The molecule has 0 radical (unpaired) electrons. The van der Waals surface area contributed by atoms with Crippen LogP contribution in [0, 0.1) is 0 Å². The fraction of sp³-hybridized carbons (Fsp3) is 0.333. The molecule has 0 aromatic carbocycles. The molecule has 96 valence electrons. The van der Waals surface area contributed by atoms with Crippen molar-refractivity contribution in [2.24, 2.45) is 0 Å². The summed E-state index contributed by atoms with van der Waals surface area (Å²) in [7, 11) is 1.84. The molecule has 1 amide bonds. The van der Waals surface area contributed by atoms with Crippen molar-refractivity contribution in [3.63, 3.8) is 0 Å². The molecule has 2 N–H and O–H groups in total. The number of furan rings is 1. The molecule has 0 bridgehead atoms. The van der Waals surface area contributed by atoms with Crippen LogP contribution in [0.5, 0.6) is 0 Å². The summed E-state index contributed by atoms with van der Waals surface area (Å²) in [5, 5.41) is 9.49. The maximum absolute atomic E-state index is 11.8. The molecule has 0 aliphatic heterocycles. The summed E-state index contributed by atoms with van der Waals surface area (Å²) in [5.41, 5.74) is 0.240. The highest BCUT2D eigenvalue weighted by Crippen LogP contribution is 2.20. The van der Waals surface area contributed by atoms with Crippen molar-refractivity contribution in [1.82, 2.24) is 15.8 Å². The van der Waals surface area contributed by atoms with Crippen LogP contribution < -0.4 is 10.6 Å². The van der Waals surface area contributed by atoms with Crippen LogP contribution >= 0.6 is 0 Å². The van der Waals surface area contributed by atoms with Gasteiger partial charge in [-0.15, -0.1) is 0 Å². The maximum atomic E-state index is 11.8. The van der Waals surface area contributed by atoms with Crippen molar-refractivity contribution < 1.29 is 13.7 Å². The summed E-state index contributed by atoms with van der Waals surface area (Å²) in [5.74, 6) is 0.718. The lowest BCUT2D eigenvalue weighted by molar-refractivity contribution is 0.0941. The maximum Gasteiger partial charge on any atom is 0.273 e. The van der Waals surface area contributed by atoms with Crippen LogP contribution in [0.3, 0.4) is 0 Å². The van der Waals surface area contributed by atoms with Gasteiger partial charge in [0.25, 0.3) is 5.91 Å². The van der Waals surface area contributed by atoms with E-state index in [4.69, 9.17) is 8.94 Å². The van der Waals surface area contributed by atoms with Gasteiger partial charge >= 0.3 is 0 Å². The number of carbonyl (C=O) groups is 1. The number of hydrogen-bond donors (Lipinski definition) is 2. The molecule has 0 fully saturated rings. The molecule has 0 saturated heterocycles. The molecule has 6 nitrogen and oxygen atoms in total. The Bertz CT molecular complexity index is 504. The molecule has 6 heteroatoms. The second kappa shape index (κ2) is 5.50. The predicted molar refractivity (Wildman–Crippen MR) is 65.1 cm³/mol. The van der Waals surface area contributed by atoms with Gasteiger partial charge in [0.05, 0.1) is 6.26 Å². The fourth-order valence-electron chi connectivity index (χ4n) is 1.36. The van der Waals surface area contributed by atoms with Gasteiger partial charge in [-0.25, -0.2) is 0 Å². The Morgan fingerprint density at radius 1 is 1.50 bits per heavy atom. The Labute approximate surface area is 104 Å². The number of amides is 1. The van der Waals surface area contributed by atoms with Crippen LogP contribution in [0.2, 0.25) is 0 Å². The Hall–Kier alpha value is -2.08. The fourth-order valence-corrected chi connectivity index (χ4v) is 1.36. The molecule has 0 aliphatic rings. The first-order valence-corrected chi connectivity index (χ1v) is 5.66. The van der Waals surface area contributed by atoms with Crippen LogP contribution in [0.4, 0.5) is 0 Å². The van der Waals surface area contributed by atoms with Crippen molar-refractivity contribution >= 4 is 5.91 Å². The highest BCUT2D eigenvalue weighted by atomic mass is 16.5. The number of carbonyl (C=O) groups excluding carboxylic acids is 1. The molecule has 2 heterocycles. The summed E-state index contributed by atoms with van der Waals surface area (Å²) in [6.45, 7) is 2.50. The van der Waals surface area contributed by atoms with Crippen LogP contribution in [0.25, 0.3) is 11.5 Å². The topological polar surface area (TPSA) is 80.3 Å². The number of nitrogens with zero attached hydrogens (tertiary/aromatic N) is 1. The molecular formula is C12H15N3O3. The highest BCUT2D eigenvalue weighted by Gasteiger charge is 2.15. The minimum absolute atomic E-state index is 0.199. The molecule has 2 rings (SSSR count). The SMILES string of the molecule is CNC(C)CNC(=O)c1cc(-c2ccco2)on1. The van der Waals surface area contributed by atoms with Gasteiger partial charge in [0.1, 0.15) is 0 Å². The Morgan fingerprint density at radius 3 is 3.00 bits per heavy atom. The number of rotatable bonds is 5. The lowest BCUT2D eigenvalue weighted by Gasteiger charge is -2.09. The zero-order chi connectivity index (χ0) is 13.0. The van der Waals surface area contributed by atoms with E-state index in [0.29, 0.717) is 18.1 Å². The van der Waals surface area contributed by atoms with Crippen LogP contribution in [-0.2, 0) is 0 Å². The normalized spacial score (nSPS) is 12.3. The summed E-state index contributed by atoms with van der Waals surface area (Å²) >= 11 is 0. The van der Waals surface area contributed by atoms with Crippen LogP contribution in [-0.4, -0.2) is 30.7 Å². The number of likely N-dealkylation sites (N-methyl/N-ethyl adjacent to an activating group) is 1. The lowest BCUT2D eigenvalue weighted by atomic mass is 10.3. The number of hydrogen-bond acceptors (Lipinski definition) is 5. The minimum atomic E-state index is -0.265. The highest BCUT2D eigenvalue weighted by molar-refractivity contribution is 5.92. The molecule has 2 aromatic rings. The van der Waals surface area contributed by atoms with Crippen LogP contribution in [0.15, 0.2) is 33.4 Å². The molecule has 2 aromatic heterocycles. The van der Waals surface area contributed by atoms with Crippen molar-refractivity contribution in [2.45, 2.75) is 13.0 Å². The van der Waals surface area contributed by atoms with Crippen LogP contribution in [0.1, 0.15) is 17.4 Å². The second-order valence-corrected chi connectivity index (χ2v) is 3.95. The van der Waals surface area contributed by atoms with E-state index in [9.17, 15) is 4.79 Å². The van der Waals surface area contributed by atoms with E-state index in [-0.39, 0.29) is 17.6 Å².